The summed E-state index contributed by atoms with van der Waals surface area (Å²) in [5, 5.41) is 20.9. The molecule has 1 amide bonds. The van der Waals surface area contributed by atoms with Crippen LogP contribution < -0.4 is 21.5 Å². The van der Waals surface area contributed by atoms with Crippen LogP contribution in [0.15, 0.2) is 53.6 Å². The van der Waals surface area contributed by atoms with E-state index >= 15 is 0 Å². The molecule has 0 radical (unpaired) electrons. The van der Waals surface area contributed by atoms with Crippen LogP contribution in [0.4, 0.5) is 17.3 Å². The molecule has 3 aromatic heterocycles. The number of hydrogen-bond acceptors (Lipinski definition) is 8. The molecular weight excluding hydrogens is 348 g/mol. The van der Waals surface area contributed by atoms with Gasteiger partial charge in [0.05, 0.1) is 11.9 Å². The van der Waals surface area contributed by atoms with Gasteiger partial charge >= 0.3 is 0 Å². The molecule has 10 heteroatoms. The Bertz CT molecular complexity index is 957. The smallest absolute Gasteiger partial charge is 0.271 e. The number of anilines is 3. The average Bonchev–Trinajstić information content (AvgIpc) is 2.69. The highest BCUT2D eigenvalue weighted by atomic mass is 16.2. The van der Waals surface area contributed by atoms with E-state index in [1.165, 1.54) is 19.2 Å². The van der Waals surface area contributed by atoms with Gasteiger partial charge in [-0.05, 0) is 30.3 Å². The van der Waals surface area contributed by atoms with E-state index in [9.17, 15) is 9.59 Å². The van der Waals surface area contributed by atoms with Crippen LogP contribution in [0.2, 0.25) is 0 Å². The third-order valence-corrected chi connectivity index (χ3v) is 3.51. The second-order valence-corrected chi connectivity index (χ2v) is 5.53. The molecule has 0 atom stereocenters. The van der Waals surface area contributed by atoms with Crippen LogP contribution in [0.1, 0.15) is 10.5 Å². The van der Waals surface area contributed by atoms with Crippen molar-refractivity contribution in [3.8, 4) is 0 Å². The number of aromatic nitrogens is 5. The number of hydrogen-bond donors (Lipinski definition) is 3. The number of pyridine rings is 1. The van der Waals surface area contributed by atoms with Crippen LogP contribution in [0.25, 0.3) is 0 Å². The molecule has 3 aromatic rings. The van der Waals surface area contributed by atoms with Gasteiger partial charge in [0.2, 0.25) is 0 Å². The van der Waals surface area contributed by atoms with Gasteiger partial charge in [0.25, 0.3) is 11.5 Å². The summed E-state index contributed by atoms with van der Waals surface area (Å²) < 4.78 is 1.11. The molecule has 0 unspecified atom stereocenters. The average molecular weight is 366 g/mol. The number of nitrogens with one attached hydrogen (secondary N) is 3. The van der Waals surface area contributed by atoms with E-state index in [-0.39, 0.29) is 17.2 Å². The molecule has 3 rings (SSSR count). The zero-order valence-electron chi connectivity index (χ0n) is 14.6. The van der Waals surface area contributed by atoms with Gasteiger partial charge in [-0.1, -0.05) is 0 Å². The second kappa shape index (κ2) is 8.52. The molecule has 3 N–H and O–H groups in total. The van der Waals surface area contributed by atoms with Crippen LogP contribution in [-0.4, -0.2) is 44.0 Å². The van der Waals surface area contributed by atoms with E-state index < -0.39 is 0 Å². The molecule has 0 aromatic carbocycles. The number of nitrogens with zero attached hydrogens (tertiary/aromatic N) is 5. The first kappa shape index (κ1) is 18.0. The zero-order valence-corrected chi connectivity index (χ0v) is 14.6. The van der Waals surface area contributed by atoms with E-state index in [0.717, 1.165) is 10.4 Å². The van der Waals surface area contributed by atoms with Crippen molar-refractivity contribution in [1.29, 1.82) is 0 Å². The third kappa shape index (κ3) is 5.08. The monoisotopic (exact) mass is 366 g/mol. The molecule has 0 aliphatic heterocycles. The predicted octanol–water partition coefficient (Wildman–Crippen LogP) is 0.551. The Labute approximate surface area is 154 Å². The molecule has 27 heavy (non-hydrogen) atoms. The van der Waals surface area contributed by atoms with Crippen LogP contribution in [0.3, 0.4) is 0 Å². The molecule has 0 spiro atoms. The standard InChI is InChI=1S/C17H18N8O2/c1-25-16(26)7-4-13(24-25)17(27)20-10-9-19-14-5-6-15(23-22-14)21-12-3-2-8-18-11-12/h2-8,11H,9-10H2,1H3,(H,19,22)(H,20,27)(H,21,23). The predicted molar refractivity (Wildman–Crippen MR) is 99.9 cm³/mol. The highest BCUT2D eigenvalue weighted by Gasteiger charge is 2.07. The maximum absolute atomic E-state index is 12.0. The summed E-state index contributed by atoms with van der Waals surface area (Å²) >= 11 is 0. The minimum atomic E-state index is -0.352. The summed E-state index contributed by atoms with van der Waals surface area (Å²) in [5.41, 5.74) is 0.734. The molecule has 0 aliphatic carbocycles. The lowest BCUT2D eigenvalue weighted by Crippen LogP contribution is -2.31. The number of carbonyl (C=O) groups excluding carboxylic acids is 1. The van der Waals surface area contributed by atoms with E-state index in [2.05, 4.69) is 36.2 Å². The van der Waals surface area contributed by atoms with Gasteiger partial charge in [-0.25, -0.2) is 4.68 Å². The first-order chi connectivity index (χ1) is 13.1. The van der Waals surface area contributed by atoms with E-state index in [1.807, 2.05) is 12.1 Å². The quantitative estimate of drug-likeness (QED) is 0.518. The number of rotatable bonds is 7. The molecular formula is C17H18N8O2. The first-order valence-electron chi connectivity index (χ1n) is 8.19. The molecule has 0 saturated carbocycles. The summed E-state index contributed by atoms with van der Waals surface area (Å²) in [6, 6.07) is 9.96. The Morgan fingerprint density at radius 2 is 1.89 bits per heavy atom. The Kier molecular flexibility index (Phi) is 5.67. The Morgan fingerprint density at radius 3 is 2.59 bits per heavy atom. The van der Waals surface area contributed by atoms with Crippen molar-refractivity contribution in [2.45, 2.75) is 0 Å². The highest BCUT2D eigenvalue weighted by Crippen LogP contribution is 2.12. The number of carbonyl (C=O) groups is 1. The summed E-state index contributed by atoms with van der Waals surface area (Å²) in [4.78, 5) is 27.3. The van der Waals surface area contributed by atoms with Crippen LogP contribution >= 0.6 is 0 Å². The summed E-state index contributed by atoms with van der Waals surface area (Å²) in [7, 11) is 1.49. The Morgan fingerprint density at radius 1 is 1.07 bits per heavy atom. The molecule has 3 heterocycles. The lowest BCUT2D eigenvalue weighted by Gasteiger charge is -2.08. The topological polar surface area (TPSA) is 127 Å². The van der Waals surface area contributed by atoms with Crippen LogP contribution in [-0.2, 0) is 7.05 Å². The van der Waals surface area contributed by atoms with Gasteiger partial charge in [-0.3, -0.25) is 14.6 Å². The van der Waals surface area contributed by atoms with Gasteiger partial charge < -0.3 is 16.0 Å². The Hall–Kier alpha value is -3.82. The highest BCUT2D eigenvalue weighted by molar-refractivity contribution is 5.91. The number of aryl methyl sites for hydroxylation is 1. The van der Waals surface area contributed by atoms with E-state index in [0.29, 0.717) is 24.7 Å². The van der Waals surface area contributed by atoms with Crippen molar-refractivity contribution in [3.05, 3.63) is 64.8 Å². The fourth-order valence-electron chi connectivity index (χ4n) is 2.16. The fourth-order valence-corrected chi connectivity index (χ4v) is 2.16. The lowest BCUT2D eigenvalue weighted by molar-refractivity contribution is 0.0948. The first-order valence-corrected chi connectivity index (χ1v) is 8.19. The third-order valence-electron chi connectivity index (χ3n) is 3.51. The van der Waals surface area contributed by atoms with E-state index in [4.69, 9.17) is 0 Å². The van der Waals surface area contributed by atoms with Gasteiger partial charge in [0.1, 0.15) is 11.5 Å². The fraction of sp³-hybridized carbons (Fsp3) is 0.176. The molecule has 138 valence electrons. The second-order valence-electron chi connectivity index (χ2n) is 5.53. The van der Waals surface area contributed by atoms with Crippen molar-refractivity contribution >= 4 is 23.2 Å². The van der Waals surface area contributed by atoms with Crippen LogP contribution in [0, 0.1) is 0 Å². The van der Waals surface area contributed by atoms with Gasteiger partial charge in [0.15, 0.2) is 5.82 Å². The van der Waals surface area contributed by atoms with Crippen molar-refractivity contribution in [1.82, 2.24) is 30.3 Å². The van der Waals surface area contributed by atoms with Gasteiger partial charge in [0, 0.05) is 32.4 Å². The minimum absolute atomic E-state index is 0.183. The normalized spacial score (nSPS) is 10.3. The molecule has 0 aliphatic rings. The zero-order chi connectivity index (χ0) is 19.1. The maximum atomic E-state index is 12.0. The summed E-state index contributed by atoms with van der Waals surface area (Å²) in [6.45, 7) is 0.822. The van der Waals surface area contributed by atoms with Crippen LogP contribution in [0.5, 0.6) is 0 Å². The summed E-state index contributed by atoms with van der Waals surface area (Å²) in [6.07, 6.45) is 3.38. The minimum Gasteiger partial charge on any atom is -0.367 e. The van der Waals surface area contributed by atoms with Crippen molar-refractivity contribution in [2.24, 2.45) is 7.05 Å². The lowest BCUT2D eigenvalue weighted by atomic mass is 10.3. The number of amides is 1. The Balaban J connectivity index is 1.44. The molecule has 10 nitrogen and oxygen atoms in total. The molecule has 0 bridgehead atoms. The molecule has 0 saturated heterocycles. The van der Waals surface area contributed by atoms with Crippen molar-refractivity contribution in [2.75, 3.05) is 23.7 Å². The SMILES string of the molecule is Cn1nc(C(=O)NCCNc2ccc(Nc3cccnc3)nn2)ccc1=O. The summed E-state index contributed by atoms with van der Waals surface area (Å²) in [5.74, 6) is 0.832. The van der Waals surface area contributed by atoms with E-state index in [1.54, 1.807) is 24.5 Å². The largest absolute Gasteiger partial charge is 0.367 e. The van der Waals surface area contributed by atoms with Gasteiger partial charge in [-0.2, -0.15) is 5.10 Å². The van der Waals surface area contributed by atoms with Gasteiger partial charge in [-0.15, -0.1) is 10.2 Å². The van der Waals surface area contributed by atoms with Crippen molar-refractivity contribution < 1.29 is 4.79 Å². The molecule has 0 fully saturated rings. The van der Waals surface area contributed by atoms with Crippen molar-refractivity contribution in [3.63, 3.8) is 0 Å². The maximum Gasteiger partial charge on any atom is 0.271 e.